The Bertz CT molecular complexity index is 114. The fourth-order valence-corrected chi connectivity index (χ4v) is 0.0228. The molecular weight excluding hydrogens is 129 g/mol. The van der Waals surface area contributed by atoms with Crippen molar-refractivity contribution >= 4 is 6.29 Å². The van der Waals surface area contributed by atoms with Gasteiger partial charge in [0, 0.05) is 6.07 Å². The Morgan fingerprint density at radius 1 is 1.62 bits per heavy atom. The Balaban J connectivity index is 0. The van der Waals surface area contributed by atoms with Crippen LogP contribution in [-0.4, -0.2) is 6.29 Å². The van der Waals surface area contributed by atoms with E-state index in [1.165, 1.54) is 13.8 Å². The second-order valence-corrected chi connectivity index (χ2v) is 1.84. The summed E-state index contributed by atoms with van der Waals surface area (Å²) in [5.41, 5.74) is -0.917. The van der Waals surface area contributed by atoms with E-state index in [1.54, 1.807) is 12.4 Å². The number of nitrogens with zero attached hydrogens (tertiary/aromatic N) is 1. The van der Waals surface area contributed by atoms with Crippen LogP contribution in [0.3, 0.4) is 0 Å². The van der Waals surface area contributed by atoms with E-state index in [0.717, 1.165) is 0 Å². The summed E-state index contributed by atoms with van der Waals surface area (Å²) in [5, 5.41) is 8.08. The molecule has 0 aromatic rings. The van der Waals surface area contributed by atoms with Gasteiger partial charge < -0.3 is 4.79 Å². The smallest absolute Gasteiger partial charge is 0.540 e. The molecule has 0 aliphatic heterocycles. The summed E-state index contributed by atoms with van der Waals surface area (Å²) >= 11 is 0. The Hall–Kier alpha value is 0.796. The summed E-state index contributed by atoms with van der Waals surface area (Å²) in [6.45, 7) is 3.03. The first-order valence-corrected chi connectivity index (χ1v) is 1.93. The quantitative estimate of drug-likeness (QED) is 0.298. The molecule has 0 aliphatic carbocycles. The van der Waals surface area contributed by atoms with Crippen LogP contribution in [0.1, 0.15) is 13.8 Å². The molecule has 0 rings (SSSR count). The van der Waals surface area contributed by atoms with Crippen LogP contribution in [0.4, 0.5) is 0 Å². The number of hydrogen-bond acceptors (Lipinski definition) is 2. The molecule has 3 heteroatoms. The number of carbonyl (C=O) groups excluding carboxylic acids is 1. The van der Waals surface area contributed by atoms with E-state index in [2.05, 4.69) is 0 Å². The van der Waals surface area contributed by atoms with Crippen LogP contribution >= 0.6 is 0 Å². The molecule has 0 amide bonds. The molecule has 0 aromatic heterocycles. The molecule has 0 unspecified atom stereocenters. The second-order valence-electron chi connectivity index (χ2n) is 1.84. The fourth-order valence-electron chi connectivity index (χ4n) is 0.0228. The summed E-state index contributed by atoms with van der Waals surface area (Å²) in [6, 6.07) is 1.77. The average molecular weight is 135 g/mol. The van der Waals surface area contributed by atoms with Crippen molar-refractivity contribution in [2.75, 3.05) is 0 Å². The van der Waals surface area contributed by atoms with Gasteiger partial charge in [-0.15, -0.1) is 0 Å². The number of hydrogen-bond donors (Lipinski definition) is 0. The van der Waals surface area contributed by atoms with Crippen LogP contribution in [0.2, 0.25) is 0 Å². The Kier molecular flexibility index (Phi) is 6.73. The Morgan fingerprint density at radius 2 is 2.00 bits per heavy atom. The molecule has 2 nitrogen and oxygen atoms in total. The number of nitriles is 1. The first-order valence-electron chi connectivity index (χ1n) is 1.93. The minimum atomic E-state index is -0.917. The predicted molar refractivity (Wildman–Crippen MR) is 25.1 cm³/mol. The first kappa shape index (κ1) is 11.6. The maximum Gasteiger partial charge on any atom is 1.00 e. The van der Waals surface area contributed by atoms with Crippen molar-refractivity contribution in [1.29, 1.82) is 5.26 Å². The van der Waals surface area contributed by atoms with Crippen LogP contribution in [0.5, 0.6) is 0 Å². The van der Waals surface area contributed by atoms with Crippen molar-refractivity contribution in [3.05, 3.63) is 0 Å². The Labute approximate surface area is 91.7 Å². The van der Waals surface area contributed by atoms with E-state index in [0.29, 0.717) is 0 Å². The van der Waals surface area contributed by atoms with E-state index in [9.17, 15) is 4.79 Å². The van der Waals surface area contributed by atoms with E-state index in [1.807, 2.05) is 0 Å². The molecule has 0 atom stereocenters. The van der Waals surface area contributed by atoms with Crippen molar-refractivity contribution in [2.45, 2.75) is 13.8 Å². The maximum absolute atomic E-state index is 9.71. The number of rotatable bonds is 1. The van der Waals surface area contributed by atoms with Gasteiger partial charge in [-0.3, -0.25) is 0 Å². The standard InChI is InChI=1S/C5H6NO.K/c1-5(2,3-6)4-7;/h1-2H3;/q-1;+1. The summed E-state index contributed by atoms with van der Waals surface area (Å²) < 4.78 is 0. The average Bonchev–Trinajstić information content (AvgIpc) is 1.68. The third-order valence-corrected chi connectivity index (χ3v) is 0.535. The summed E-state index contributed by atoms with van der Waals surface area (Å²) in [5.74, 6) is 0. The monoisotopic (exact) mass is 135 g/mol. The van der Waals surface area contributed by atoms with Gasteiger partial charge in [-0.25, -0.2) is 11.5 Å². The topological polar surface area (TPSA) is 40.9 Å². The molecular formula is C5H6KNO. The SMILES string of the molecule is CC(C)(C#N)[C-]=O.[K+]. The Morgan fingerprint density at radius 3 is 2.00 bits per heavy atom. The van der Waals surface area contributed by atoms with Gasteiger partial charge in [0.05, 0.1) is 0 Å². The third-order valence-electron chi connectivity index (χ3n) is 0.535. The summed E-state index contributed by atoms with van der Waals surface area (Å²) in [6.07, 6.45) is 1.58. The van der Waals surface area contributed by atoms with Crippen LogP contribution in [0, 0.1) is 16.7 Å². The third kappa shape index (κ3) is 4.94. The molecule has 8 heavy (non-hydrogen) atoms. The molecule has 0 spiro atoms. The first-order chi connectivity index (χ1) is 3.12. The second kappa shape index (κ2) is 4.65. The van der Waals surface area contributed by atoms with Crippen LogP contribution < -0.4 is 51.4 Å². The van der Waals surface area contributed by atoms with Gasteiger partial charge in [0.2, 0.25) is 0 Å². The minimum Gasteiger partial charge on any atom is -0.540 e. The predicted octanol–water partition coefficient (Wildman–Crippen LogP) is -2.35. The molecule has 0 saturated heterocycles. The molecule has 0 N–H and O–H groups in total. The van der Waals surface area contributed by atoms with Crippen LogP contribution in [0.15, 0.2) is 0 Å². The molecule has 38 valence electrons. The van der Waals surface area contributed by atoms with E-state index in [-0.39, 0.29) is 51.4 Å². The van der Waals surface area contributed by atoms with E-state index >= 15 is 0 Å². The largest absolute Gasteiger partial charge is 1.00 e. The molecule has 0 fully saturated rings. The van der Waals surface area contributed by atoms with Gasteiger partial charge in [0.1, 0.15) is 0 Å². The van der Waals surface area contributed by atoms with Crippen LogP contribution in [-0.2, 0) is 4.79 Å². The van der Waals surface area contributed by atoms with E-state index in [4.69, 9.17) is 5.26 Å². The van der Waals surface area contributed by atoms with Crippen molar-refractivity contribution in [3.8, 4) is 6.07 Å². The van der Waals surface area contributed by atoms with Crippen molar-refractivity contribution < 1.29 is 56.2 Å². The van der Waals surface area contributed by atoms with Gasteiger partial charge in [-0.1, -0.05) is 13.8 Å². The van der Waals surface area contributed by atoms with Crippen molar-refractivity contribution in [2.24, 2.45) is 5.41 Å². The van der Waals surface area contributed by atoms with Crippen molar-refractivity contribution in [1.82, 2.24) is 0 Å². The van der Waals surface area contributed by atoms with E-state index < -0.39 is 5.41 Å². The van der Waals surface area contributed by atoms with Gasteiger partial charge in [-0.2, -0.15) is 0 Å². The zero-order valence-corrected chi connectivity index (χ0v) is 8.48. The minimum absolute atomic E-state index is 0. The summed E-state index contributed by atoms with van der Waals surface area (Å²) in [4.78, 5) is 9.71. The molecule has 0 heterocycles. The molecule has 0 radical (unpaired) electrons. The van der Waals surface area contributed by atoms with Crippen molar-refractivity contribution in [3.63, 3.8) is 0 Å². The fraction of sp³-hybridized carbons (Fsp3) is 0.600. The molecule has 0 aliphatic rings. The zero-order chi connectivity index (χ0) is 5.91. The zero-order valence-electron chi connectivity index (χ0n) is 5.36. The van der Waals surface area contributed by atoms with Gasteiger partial charge in [-0.05, 0) is 5.41 Å². The maximum atomic E-state index is 9.71. The van der Waals surface area contributed by atoms with Gasteiger partial charge in [0.25, 0.3) is 0 Å². The van der Waals surface area contributed by atoms with Gasteiger partial charge in [0.15, 0.2) is 0 Å². The molecule has 0 saturated carbocycles. The molecule has 0 bridgehead atoms. The molecule has 0 aromatic carbocycles. The van der Waals surface area contributed by atoms with Crippen LogP contribution in [0.25, 0.3) is 0 Å². The van der Waals surface area contributed by atoms with Gasteiger partial charge >= 0.3 is 51.4 Å². The summed E-state index contributed by atoms with van der Waals surface area (Å²) in [7, 11) is 0. The normalized spacial score (nSPS) is 8.62.